The summed E-state index contributed by atoms with van der Waals surface area (Å²) in [6.45, 7) is 0. The first kappa shape index (κ1) is 20.0. The van der Waals surface area contributed by atoms with Gasteiger partial charge in [-0.3, -0.25) is 4.57 Å². The molecule has 3 aromatic carbocycles. The van der Waals surface area contributed by atoms with E-state index in [0.717, 1.165) is 39.0 Å². The van der Waals surface area contributed by atoms with Gasteiger partial charge in [0.15, 0.2) is 0 Å². The number of aromatic nitrogens is 2. The predicted molar refractivity (Wildman–Crippen MR) is 142 cm³/mol. The van der Waals surface area contributed by atoms with Crippen LogP contribution in [0.25, 0.3) is 45.2 Å². The highest BCUT2D eigenvalue weighted by atomic mass is 79.9. The third kappa shape index (κ3) is 3.65. The van der Waals surface area contributed by atoms with E-state index in [-0.39, 0.29) is 0 Å². The van der Waals surface area contributed by atoms with E-state index in [0.29, 0.717) is 0 Å². The Balaban J connectivity index is 1.68. The number of rotatable bonds is 3. The summed E-state index contributed by atoms with van der Waals surface area (Å²) in [6.07, 6.45) is 9.56. The van der Waals surface area contributed by atoms with Crippen molar-refractivity contribution >= 4 is 32.9 Å². The number of hydrogen-bond donors (Lipinski definition) is 0. The van der Waals surface area contributed by atoms with E-state index in [4.69, 9.17) is 4.98 Å². The molecule has 0 saturated carbocycles. The predicted octanol–water partition coefficient (Wildman–Crippen LogP) is 8.25. The lowest BCUT2D eigenvalue weighted by Crippen LogP contribution is -2.02. The topological polar surface area (TPSA) is 17.8 Å². The Morgan fingerprint density at radius 3 is 2.27 bits per heavy atom. The van der Waals surface area contributed by atoms with Gasteiger partial charge in [0.05, 0.1) is 16.9 Å². The molecule has 0 atom stereocenters. The average molecular weight is 489 g/mol. The van der Waals surface area contributed by atoms with Gasteiger partial charge in [-0.25, -0.2) is 4.98 Å². The summed E-state index contributed by atoms with van der Waals surface area (Å²) in [6, 6.07) is 31.9. The second-order valence-corrected chi connectivity index (χ2v) is 9.10. The summed E-state index contributed by atoms with van der Waals surface area (Å²) in [5.74, 6) is 0.922. The zero-order valence-corrected chi connectivity index (χ0v) is 19.5. The highest BCUT2D eigenvalue weighted by Gasteiger charge is 2.19. The van der Waals surface area contributed by atoms with E-state index in [1.54, 1.807) is 0 Å². The molecule has 0 fully saturated rings. The molecule has 0 spiro atoms. The van der Waals surface area contributed by atoms with E-state index in [9.17, 15) is 0 Å². The summed E-state index contributed by atoms with van der Waals surface area (Å²) in [5, 5.41) is 1.26. The van der Waals surface area contributed by atoms with Crippen LogP contribution in [0.4, 0.5) is 0 Å². The molecule has 3 heteroatoms. The summed E-state index contributed by atoms with van der Waals surface area (Å²) in [5.41, 5.74) is 8.08. The number of fused-ring (bicyclic) bond motifs is 3. The highest BCUT2D eigenvalue weighted by Crippen LogP contribution is 2.35. The lowest BCUT2D eigenvalue weighted by molar-refractivity contribution is 1.02. The molecule has 5 aromatic rings. The molecule has 0 saturated heterocycles. The van der Waals surface area contributed by atoms with Crippen LogP contribution >= 0.6 is 15.9 Å². The smallest absolute Gasteiger partial charge is 0.138 e. The Hall–Kier alpha value is -3.69. The Morgan fingerprint density at radius 2 is 1.48 bits per heavy atom. The first-order valence-corrected chi connectivity index (χ1v) is 11.9. The van der Waals surface area contributed by atoms with E-state index in [1.807, 2.05) is 6.07 Å². The molecule has 6 rings (SSSR count). The summed E-state index contributed by atoms with van der Waals surface area (Å²) < 4.78 is 3.36. The fourth-order valence-corrected chi connectivity index (χ4v) is 4.93. The molecular weight excluding hydrogens is 468 g/mol. The van der Waals surface area contributed by atoms with Gasteiger partial charge < -0.3 is 0 Å². The molecule has 2 aromatic heterocycles. The molecule has 0 amide bonds. The van der Waals surface area contributed by atoms with Crippen LogP contribution in [0.5, 0.6) is 0 Å². The maximum Gasteiger partial charge on any atom is 0.138 e. The van der Waals surface area contributed by atoms with Crippen LogP contribution in [-0.4, -0.2) is 9.55 Å². The first-order chi connectivity index (χ1) is 16.3. The molecule has 158 valence electrons. The molecule has 0 unspecified atom stereocenters. The molecule has 0 radical (unpaired) electrons. The van der Waals surface area contributed by atoms with Gasteiger partial charge in [-0.05, 0) is 53.5 Å². The van der Waals surface area contributed by atoms with E-state index in [1.165, 1.54) is 22.2 Å². The van der Waals surface area contributed by atoms with Crippen molar-refractivity contribution in [3.63, 3.8) is 0 Å². The standard InChI is InChI=1S/C30H21BrN2/c31-24-16-17-26-25-14-8-3-9-15-28(25)33(29(26)20-24)30-19-23(21-10-4-1-5-11-21)18-27(32-30)22-12-6-2-7-13-22/h1-13,15-20H,14H2. The largest absolute Gasteiger partial charge is 0.294 e. The molecular formula is C30H21BrN2. The van der Waals surface area contributed by atoms with Crippen molar-refractivity contribution in [3.8, 4) is 28.2 Å². The van der Waals surface area contributed by atoms with Crippen LogP contribution in [0.3, 0.4) is 0 Å². The molecule has 1 aliphatic rings. The van der Waals surface area contributed by atoms with Crippen molar-refractivity contribution in [1.29, 1.82) is 0 Å². The summed E-state index contributed by atoms with van der Waals surface area (Å²) >= 11 is 3.68. The van der Waals surface area contributed by atoms with Gasteiger partial charge in [0, 0.05) is 15.4 Å². The number of hydrogen-bond acceptors (Lipinski definition) is 1. The molecule has 2 nitrogen and oxygen atoms in total. The summed E-state index contributed by atoms with van der Waals surface area (Å²) in [4.78, 5) is 5.18. The highest BCUT2D eigenvalue weighted by molar-refractivity contribution is 9.10. The summed E-state index contributed by atoms with van der Waals surface area (Å²) in [7, 11) is 0. The van der Waals surface area contributed by atoms with Crippen LogP contribution < -0.4 is 0 Å². The Kier molecular flexibility index (Phi) is 5.04. The molecule has 0 aliphatic heterocycles. The second kappa shape index (κ2) is 8.34. The minimum absolute atomic E-state index is 0.900. The van der Waals surface area contributed by atoms with E-state index in [2.05, 4.69) is 130 Å². The third-order valence-corrected chi connectivity index (χ3v) is 6.61. The van der Waals surface area contributed by atoms with Crippen LogP contribution in [0.15, 0.2) is 114 Å². The lowest BCUT2D eigenvalue weighted by atomic mass is 10.0. The van der Waals surface area contributed by atoms with Gasteiger partial charge in [-0.1, -0.05) is 101 Å². The van der Waals surface area contributed by atoms with Crippen LogP contribution in [0.2, 0.25) is 0 Å². The lowest BCUT2D eigenvalue weighted by Gasteiger charge is -2.14. The fraction of sp³-hybridized carbons (Fsp3) is 0.0333. The maximum absolute atomic E-state index is 5.18. The van der Waals surface area contributed by atoms with E-state index < -0.39 is 0 Å². The second-order valence-electron chi connectivity index (χ2n) is 8.18. The molecule has 0 N–H and O–H groups in total. The monoisotopic (exact) mass is 488 g/mol. The number of halogens is 1. The van der Waals surface area contributed by atoms with E-state index >= 15 is 0 Å². The quantitative estimate of drug-likeness (QED) is 0.250. The van der Waals surface area contributed by atoms with Crippen LogP contribution in [0.1, 0.15) is 11.3 Å². The minimum atomic E-state index is 0.900. The Bertz CT molecular complexity index is 1470. The van der Waals surface area contributed by atoms with Crippen molar-refractivity contribution in [3.05, 3.63) is 125 Å². The van der Waals surface area contributed by atoms with Crippen LogP contribution in [-0.2, 0) is 6.42 Å². The van der Waals surface area contributed by atoms with Crippen LogP contribution in [0, 0.1) is 0 Å². The van der Waals surface area contributed by atoms with Gasteiger partial charge in [-0.15, -0.1) is 0 Å². The fourth-order valence-electron chi connectivity index (χ4n) is 4.58. The van der Waals surface area contributed by atoms with Crippen molar-refractivity contribution in [1.82, 2.24) is 9.55 Å². The number of nitrogens with zero attached hydrogens (tertiary/aromatic N) is 2. The molecule has 2 heterocycles. The zero-order valence-electron chi connectivity index (χ0n) is 17.9. The van der Waals surface area contributed by atoms with Gasteiger partial charge in [-0.2, -0.15) is 0 Å². The Morgan fingerprint density at radius 1 is 0.727 bits per heavy atom. The van der Waals surface area contributed by atoms with Gasteiger partial charge in [0.1, 0.15) is 5.82 Å². The third-order valence-electron chi connectivity index (χ3n) is 6.12. The Labute approximate surface area is 201 Å². The van der Waals surface area contributed by atoms with Crippen molar-refractivity contribution in [2.45, 2.75) is 6.42 Å². The van der Waals surface area contributed by atoms with Gasteiger partial charge >= 0.3 is 0 Å². The number of benzene rings is 3. The molecule has 0 bridgehead atoms. The molecule has 33 heavy (non-hydrogen) atoms. The van der Waals surface area contributed by atoms with Crippen molar-refractivity contribution in [2.24, 2.45) is 0 Å². The first-order valence-electron chi connectivity index (χ1n) is 11.1. The maximum atomic E-state index is 5.18. The molecule has 1 aliphatic carbocycles. The normalized spacial score (nSPS) is 12.6. The van der Waals surface area contributed by atoms with Gasteiger partial charge in [0.25, 0.3) is 0 Å². The zero-order chi connectivity index (χ0) is 22.2. The average Bonchev–Trinajstić information content (AvgIpc) is 2.99. The number of pyridine rings is 1. The SMILES string of the molecule is Brc1ccc2c3c(n(-c4cc(-c5ccccc5)cc(-c5ccccc5)n4)c2c1)C=CC=CC3. The van der Waals surface area contributed by atoms with Crippen molar-refractivity contribution in [2.75, 3.05) is 0 Å². The number of allylic oxidation sites excluding steroid dienone is 3. The minimum Gasteiger partial charge on any atom is -0.294 e. The van der Waals surface area contributed by atoms with Crippen molar-refractivity contribution < 1.29 is 0 Å². The van der Waals surface area contributed by atoms with Gasteiger partial charge in [0.2, 0.25) is 0 Å².